The van der Waals surface area contributed by atoms with Crippen LogP contribution < -0.4 is 0 Å². The fourth-order valence-corrected chi connectivity index (χ4v) is 7.53. The lowest BCUT2D eigenvalue weighted by Crippen LogP contribution is -2.00. The topological polar surface area (TPSA) is 77.3 Å². The van der Waals surface area contributed by atoms with E-state index in [1.165, 1.54) is 21.9 Å². The van der Waals surface area contributed by atoms with Crippen LogP contribution in [0.5, 0.6) is 0 Å². The van der Waals surface area contributed by atoms with Crippen molar-refractivity contribution in [1.82, 2.24) is 29.9 Å². The average Bonchev–Trinajstić information content (AvgIpc) is 3.32. The van der Waals surface area contributed by atoms with Gasteiger partial charge >= 0.3 is 0 Å². The Balaban J connectivity index is 1.01. The standard InChI is InChI=1S/C54H38N6/c1-35-19-23-42(24-20-35)51-55-49(40-11-5-3-6-12-40)57-53(59-51)44-31-27-37(28-32-44)46-17-9-15-39-16-10-18-47(48(39)46)38-29-33-45(34-30-38)54-58-50(41-13-7-4-8-14-41)56-52(60-54)43-25-21-36(2)22-26-43/h3-34H,1-2H3. The molecule has 0 aliphatic rings. The molecule has 0 unspecified atom stereocenters. The summed E-state index contributed by atoms with van der Waals surface area (Å²) in [4.78, 5) is 29.7. The van der Waals surface area contributed by atoms with E-state index < -0.39 is 0 Å². The van der Waals surface area contributed by atoms with Crippen LogP contribution >= 0.6 is 0 Å². The number of fused-ring (bicyclic) bond motifs is 1. The summed E-state index contributed by atoms with van der Waals surface area (Å²) in [6, 6.07) is 66.8. The first-order chi connectivity index (χ1) is 29.5. The molecule has 60 heavy (non-hydrogen) atoms. The van der Waals surface area contributed by atoms with Crippen LogP contribution in [0.4, 0.5) is 0 Å². The van der Waals surface area contributed by atoms with Crippen molar-refractivity contribution in [2.45, 2.75) is 13.8 Å². The van der Waals surface area contributed by atoms with Crippen molar-refractivity contribution >= 4 is 10.8 Å². The first kappa shape index (κ1) is 36.4. The normalized spacial score (nSPS) is 11.2. The molecule has 2 heterocycles. The highest BCUT2D eigenvalue weighted by Gasteiger charge is 2.16. The lowest BCUT2D eigenvalue weighted by Gasteiger charge is -2.14. The van der Waals surface area contributed by atoms with Crippen LogP contribution in [0.2, 0.25) is 0 Å². The molecule has 0 radical (unpaired) electrons. The molecule has 0 saturated heterocycles. The van der Waals surface area contributed by atoms with E-state index in [0.717, 1.165) is 55.6 Å². The summed E-state index contributed by atoms with van der Waals surface area (Å²) >= 11 is 0. The summed E-state index contributed by atoms with van der Waals surface area (Å²) in [6.07, 6.45) is 0. The third-order valence-corrected chi connectivity index (χ3v) is 10.8. The highest BCUT2D eigenvalue weighted by molar-refractivity contribution is 6.06. The van der Waals surface area contributed by atoms with Crippen molar-refractivity contribution in [3.63, 3.8) is 0 Å². The summed E-state index contributed by atoms with van der Waals surface area (Å²) in [7, 11) is 0. The molecule has 0 atom stereocenters. The molecule has 10 rings (SSSR count). The molecule has 6 nitrogen and oxygen atoms in total. The second kappa shape index (κ2) is 15.8. The van der Waals surface area contributed by atoms with Gasteiger partial charge in [-0.1, -0.05) is 205 Å². The van der Waals surface area contributed by atoms with Gasteiger partial charge in [0, 0.05) is 33.4 Å². The third-order valence-electron chi connectivity index (χ3n) is 10.8. The Morgan fingerprint density at radius 1 is 0.233 bits per heavy atom. The maximum atomic E-state index is 4.97. The molecule has 0 aliphatic carbocycles. The Bertz CT molecular complexity index is 2900. The van der Waals surface area contributed by atoms with E-state index in [1.54, 1.807) is 0 Å². The molecule has 2 aromatic heterocycles. The van der Waals surface area contributed by atoms with Crippen LogP contribution in [0, 0.1) is 13.8 Å². The molecule has 0 bridgehead atoms. The highest BCUT2D eigenvalue weighted by Crippen LogP contribution is 2.38. The molecular weight excluding hydrogens is 733 g/mol. The highest BCUT2D eigenvalue weighted by atomic mass is 15.0. The first-order valence-electron chi connectivity index (χ1n) is 20.0. The number of nitrogens with zero attached hydrogens (tertiary/aromatic N) is 6. The lowest BCUT2D eigenvalue weighted by molar-refractivity contribution is 1.07. The predicted octanol–water partition coefficient (Wildman–Crippen LogP) is 13.2. The zero-order chi connectivity index (χ0) is 40.4. The largest absolute Gasteiger partial charge is 0.208 e. The van der Waals surface area contributed by atoms with Crippen LogP contribution in [-0.4, -0.2) is 29.9 Å². The van der Waals surface area contributed by atoms with Crippen molar-refractivity contribution in [1.29, 1.82) is 0 Å². The first-order valence-corrected chi connectivity index (χ1v) is 20.0. The zero-order valence-corrected chi connectivity index (χ0v) is 33.2. The molecule has 284 valence electrons. The van der Waals surface area contributed by atoms with Crippen molar-refractivity contribution in [2.75, 3.05) is 0 Å². The van der Waals surface area contributed by atoms with Gasteiger partial charge < -0.3 is 0 Å². The molecule has 0 spiro atoms. The van der Waals surface area contributed by atoms with Crippen molar-refractivity contribution in [3.05, 3.63) is 205 Å². The van der Waals surface area contributed by atoms with Gasteiger partial charge in [-0.25, -0.2) is 29.9 Å². The number of aromatic nitrogens is 6. The number of hydrogen-bond acceptors (Lipinski definition) is 6. The molecule has 10 aromatic rings. The van der Waals surface area contributed by atoms with E-state index in [4.69, 9.17) is 29.9 Å². The minimum absolute atomic E-state index is 0.629. The molecule has 0 fully saturated rings. The van der Waals surface area contributed by atoms with Crippen LogP contribution in [0.25, 0.3) is 101 Å². The minimum atomic E-state index is 0.629. The van der Waals surface area contributed by atoms with E-state index in [9.17, 15) is 0 Å². The predicted molar refractivity (Wildman–Crippen MR) is 244 cm³/mol. The second-order valence-electron chi connectivity index (χ2n) is 14.9. The van der Waals surface area contributed by atoms with Gasteiger partial charge in [-0.2, -0.15) is 0 Å². The summed E-state index contributed by atoms with van der Waals surface area (Å²) in [5, 5.41) is 2.35. The van der Waals surface area contributed by atoms with E-state index in [-0.39, 0.29) is 0 Å². The minimum Gasteiger partial charge on any atom is -0.208 e. The average molecular weight is 771 g/mol. The maximum Gasteiger partial charge on any atom is 0.164 e. The van der Waals surface area contributed by atoms with E-state index in [1.807, 2.05) is 60.7 Å². The Kier molecular flexibility index (Phi) is 9.56. The Morgan fingerprint density at radius 2 is 0.500 bits per heavy atom. The lowest BCUT2D eigenvalue weighted by atomic mass is 9.91. The van der Waals surface area contributed by atoms with E-state index >= 15 is 0 Å². The zero-order valence-electron chi connectivity index (χ0n) is 33.2. The summed E-state index contributed by atoms with van der Waals surface area (Å²) < 4.78 is 0. The molecule has 0 N–H and O–H groups in total. The number of aryl methyl sites for hydroxylation is 2. The summed E-state index contributed by atoms with van der Waals surface area (Å²) in [5.74, 6) is 3.83. The number of benzene rings is 8. The Hall–Kier alpha value is -7.96. The number of hydrogen-bond donors (Lipinski definition) is 0. The molecule has 8 aromatic carbocycles. The number of rotatable bonds is 8. The van der Waals surface area contributed by atoms with Gasteiger partial charge in [0.05, 0.1) is 0 Å². The van der Waals surface area contributed by atoms with Crippen molar-refractivity contribution in [3.8, 4) is 90.6 Å². The van der Waals surface area contributed by atoms with Gasteiger partial charge in [-0.3, -0.25) is 0 Å². The van der Waals surface area contributed by atoms with Crippen LogP contribution in [0.15, 0.2) is 194 Å². The quantitative estimate of drug-likeness (QED) is 0.153. The van der Waals surface area contributed by atoms with Crippen molar-refractivity contribution < 1.29 is 0 Å². The van der Waals surface area contributed by atoms with Gasteiger partial charge in [-0.15, -0.1) is 0 Å². The van der Waals surface area contributed by atoms with Gasteiger partial charge in [0.25, 0.3) is 0 Å². The maximum absolute atomic E-state index is 4.97. The van der Waals surface area contributed by atoms with E-state index in [2.05, 4.69) is 147 Å². The smallest absolute Gasteiger partial charge is 0.164 e. The van der Waals surface area contributed by atoms with Crippen LogP contribution in [0.1, 0.15) is 11.1 Å². The molecule has 0 saturated carbocycles. The van der Waals surface area contributed by atoms with Crippen LogP contribution in [-0.2, 0) is 0 Å². The van der Waals surface area contributed by atoms with Gasteiger partial charge in [0.1, 0.15) is 0 Å². The van der Waals surface area contributed by atoms with Crippen LogP contribution in [0.3, 0.4) is 0 Å². The molecule has 6 heteroatoms. The Labute approximate surface area is 349 Å². The fraction of sp³-hybridized carbons (Fsp3) is 0.0370. The molecular formula is C54H38N6. The monoisotopic (exact) mass is 770 g/mol. The third kappa shape index (κ3) is 7.34. The van der Waals surface area contributed by atoms with Gasteiger partial charge in [0.2, 0.25) is 0 Å². The SMILES string of the molecule is Cc1ccc(-c2nc(-c3ccccc3)nc(-c3ccc(-c4cccc5cccc(-c6ccc(-c7nc(-c8ccccc8)nc(-c8ccc(C)cc8)n7)cc6)c45)cc3)n2)cc1. The summed E-state index contributed by atoms with van der Waals surface area (Å²) in [5.41, 5.74) is 12.5. The summed E-state index contributed by atoms with van der Waals surface area (Å²) in [6.45, 7) is 4.16. The molecule has 0 amide bonds. The van der Waals surface area contributed by atoms with Crippen molar-refractivity contribution in [2.24, 2.45) is 0 Å². The van der Waals surface area contributed by atoms with Gasteiger partial charge in [-0.05, 0) is 46.9 Å². The fourth-order valence-electron chi connectivity index (χ4n) is 7.53. The van der Waals surface area contributed by atoms with Gasteiger partial charge in [0.15, 0.2) is 34.9 Å². The molecule has 0 aliphatic heterocycles. The second-order valence-corrected chi connectivity index (χ2v) is 14.9. The van der Waals surface area contributed by atoms with E-state index in [0.29, 0.717) is 34.9 Å². The Morgan fingerprint density at radius 3 is 0.817 bits per heavy atom.